The summed E-state index contributed by atoms with van der Waals surface area (Å²) in [7, 11) is 5.19. The predicted octanol–water partition coefficient (Wildman–Crippen LogP) is 1.79. The lowest BCUT2D eigenvalue weighted by molar-refractivity contribution is -0.885. The van der Waals surface area contributed by atoms with Crippen molar-refractivity contribution >= 4 is 23.2 Å². The third-order valence-electron chi connectivity index (χ3n) is 5.54. The molecule has 2 amide bonds. The van der Waals surface area contributed by atoms with Crippen LogP contribution in [0.15, 0.2) is 36.4 Å². The Morgan fingerprint density at radius 1 is 1.13 bits per heavy atom. The van der Waals surface area contributed by atoms with Crippen LogP contribution in [0.4, 0.5) is 11.4 Å². The SMILES string of the molecule is COc1cc(C)c(C[NH+](C)CC(=O)N2c3ccccc3NC(=O)C2(C)C)cc1OC. The van der Waals surface area contributed by atoms with E-state index in [0.717, 1.165) is 21.7 Å². The molecule has 3 rings (SSSR count). The summed E-state index contributed by atoms with van der Waals surface area (Å²) in [5.74, 6) is 1.06. The van der Waals surface area contributed by atoms with E-state index in [0.29, 0.717) is 23.7 Å². The molecule has 1 aliphatic heterocycles. The van der Waals surface area contributed by atoms with Crippen LogP contribution in [0.1, 0.15) is 25.0 Å². The smallest absolute Gasteiger partial charge is 0.283 e. The van der Waals surface area contributed by atoms with E-state index in [9.17, 15) is 9.59 Å². The molecular weight excluding hydrogens is 382 g/mol. The minimum atomic E-state index is -0.967. The van der Waals surface area contributed by atoms with Gasteiger partial charge in [-0.25, -0.2) is 0 Å². The molecule has 0 fully saturated rings. The van der Waals surface area contributed by atoms with Crippen LogP contribution in [-0.4, -0.2) is 45.2 Å². The van der Waals surface area contributed by atoms with Gasteiger partial charge in [-0.15, -0.1) is 0 Å². The first-order chi connectivity index (χ1) is 14.2. The number of benzene rings is 2. The number of ether oxygens (including phenoxy) is 2. The number of hydrogen-bond donors (Lipinski definition) is 2. The van der Waals surface area contributed by atoms with Crippen LogP contribution in [0, 0.1) is 6.92 Å². The highest BCUT2D eigenvalue weighted by Crippen LogP contribution is 2.36. The summed E-state index contributed by atoms with van der Waals surface area (Å²) in [4.78, 5) is 28.5. The summed E-state index contributed by atoms with van der Waals surface area (Å²) in [5, 5.41) is 2.89. The van der Waals surface area contributed by atoms with Gasteiger partial charge in [0.1, 0.15) is 12.1 Å². The lowest BCUT2D eigenvalue weighted by Crippen LogP contribution is -3.09. The number of methoxy groups -OCH3 is 2. The number of para-hydroxylation sites is 2. The maximum atomic E-state index is 13.3. The summed E-state index contributed by atoms with van der Waals surface area (Å²) in [6, 6.07) is 11.3. The number of quaternary nitrogens is 1. The standard InChI is InChI=1S/C23H29N3O4/c1-15-11-19(29-5)20(30-6)12-16(15)13-25(4)14-21(27)26-18-10-8-7-9-17(18)24-22(28)23(26,2)3/h7-12H,13-14H2,1-6H3,(H,24,28)/p+1. The number of likely N-dealkylation sites (N-methyl/N-ethyl adjacent to an activating group) is 1. The molecule has 7 heteroatoms. The summed E-state index contributed by atoms with van der Waals surface area (Å²) < 4.78 is 10.8. The van der Waals surface area contributed by atoms with E-state index in [2.05, 4.69) is 5.32 Å². The number of anilines is 2. The number of aryl methyl sites for hydroxylation is 1. The molecule has 0 aromatic heterocycles. The van der Waals surface area contributed by atoms with Crippen molar-refractivity contribution in [2.24, 2.45) is 0 Å². The third kappa shape index (κ3) is 3.98. The number of hydrogen-bond acceptors (Lipinski definition) is 4. The van der Waals surface area contributed by atoms with Crippen molar-refractivity contribution in [1.82, 2.24) is 0 Å². The molecule has 2 aromatic carbocycles. The molecular formula is C23H30N3O4+. The molecule has 1 unspecified atom stereocenters. The quantitative estimate of drug-likeness (QED) is 0.759. The summed E-state index contributed by atoms with van der Waals surface area (Å²) in [5.41, 5.74) is 2.56. The van der Waals surface area contributed by atoms with Crippen molar-refractivity contribution in [3.63, 3.8) is 0 Å². The fourth-order valence-corrected chi connectivity index (χ4v) is 3.84. The van der Waals surface area contributed by atoms with Crippen LogP contribution in [0.5, 0.6) is 11.5 Å². The topological polar surface area (TPSA) is 72.3 Å². The van der Waals surface area contributed by atoms with Gasteiger partial charge in [0.05, 0.1) is 32.6 Å². The molecule has 2 aromatic rings. The Labute approximate surface area is 177 Å². The molecule has 1 atom stereocenters. The Morgan fingerprint density at radius 3 is 2.43 bits per heavy atom. The molecule has 0 aliphatic carbocycles. The van der Waals surface area contributed by atoms with E-state index in [1.54, 1.807) is 33.0 Å². The summed E-state index contributed by atoms with van der Waals surface area (Å²) in [6.45, 7) is 6.44. The van der Waals surface area contributed by atoms with Gasteiger partial charge in [0.25, 0.3) is 5.91 Å². The Hall–Kier alpha value is -3.06. The van der Waals surface area contributed by atoms with Gasteiger partial charge in [-0.1, -0.05) is 12.1 Å². The molecule has 0 spiro atoms. The highest BCUT2D eigenvalue weighted by Gasteiger charge is 2.44. The average Bonchev–Trinajstić information content (AvgIpc) is 2.69. The summed E-state index contributed by atoms with van der Waals surface area (Å²) >= 11 is 0. The van der Waals surface area contributed by atoms with Crippen molar-refractivity contribution < 1.29 is 24.0 Å². The number of rotatable bonds is 6. The van der Waals surface area contributed by atoms with Crippen LogP contribution in [0.25, 0.3) is 0 Å². The highest BCUT2D eigenvalue weighted by molar-refractivity contribution is 6.14. The molecule has 0 saturated carbocycles. The van der Waals surface area contributed by atoms with Crippen molar-refractivity contribution in [2.45, 2.75) is 32.9 Å². The number of carbonyl (C=O) groups is 2. The summed E-state index contributed by atoms with van der Waals surface area (Å²) in [6.07, 6.45) is 0. The molecule has 7 nitrogen and oxygen atoms in total. The number of nitrogens with one attached hydrogen (secondary N) is 2. The molecule has 0 saturated heterocycles. The van der Waals surface area contributed by atoms with Crippen LogP contribution in [0.2, 0.25) is 0 Å². The highest BCUT2D eigenvalue weighted by atomic mass is 16.5. The Morgan fingerprint density at radius 2 is 1.77 bits per heavy atom. The second-order valence-corrected chi connectivity index (χ2v) is 8.20. The zero-order valence-electron chi connectivity index (χ0n) is 18.5. The second-order valence-electron chi connectivity index (χ2n) is 8.20. The predicted molar refractivity (Wildman–Crippen MR) is 116 cm³/mol. The van der Waals surface area contributed by atoms with E-state index >= 15 is 0 Å². The maximum Gasteiger partial charge on any atom is 0.283 e. The fraction of sp³-hybridized carbons (Fsp3) is 0.391. The lowest BCUT2D eigenvalue weighted by Gasteiger charge is -2.42. The number of nitrogens with zero attached hydrogens (tertiary/aromatic N) is 1. The molecule has 1 aliphatic rings. The van der Waals surface area contributed by atoms with Gasteiger partial charge >= 0.3 is 0 Å². The first-order valence-electron chi connectivity index (χ1n) is 9.95. The first-order valence-corrected chi connectivity index (χ1v) is 9.95. The van der Waals surface area contributed by atoms with Gasteiger partial charge in [0, 0.05) is 5.56 Å². The third-order valence-corrected chi connectivity index (χ3v) is 5.54. The molecule has 2 N–H and O–H groups in total. The number of fused-ring (bicyclic) bond motifs is 1. The zero-order valence-corrected chi connectivity index (χ0v) is 18.5. The van der Waals surface area contributed by atoms with E-state index in [-0.39, 0.29) is 18.4 Å². The van der Waals surface area contributed by atoms with Gasteiger partial charge in [-0.2, -0.15) is 0 Å². The maximum absolute atomic E-state index is 13.3. The minimum absolute atomic E-state index is 0.0991. The van der Waals surface area contributed by atoms with Gasteiger partial charge in [-0.05, 0) is 50.6 Å². The Bertz CT molecular complexity index is 971. The van der Waals surface area contributed by atoms with Crippen molar-refractivity contribution in [2.75, 3.05) is 38.0 Å². The molecule has 0 bridgehead atoms. The van der Waals surface area contributed by atoms with E-state index in [4.69, 9.17) is 9.47 Å². The van der Waals surface area contributed by atoms with Gasteiger partial charge in [-0.3, -0.25) is 14.5 Å². The van der Waals surface area contributed by atoms with Crippen molar-refractivity contribution in [1.29, 1.82) is 0 Å². The molecule has 0 radical (unpaired) electrons. The van der Waals surface area contributed by atoms with Crippen LogP contribution >= 0.6 is 0 Å². The molecule has 160 valence electrons. The van der Waals surface area contributed by atoms with E-state index in [1.165, 1.54) is 0 Å². The van der Waals surface area contributed by atoms with Crippen molar-refractivity contribution in [3.05, 3.63) is 47.5 Å². The van der Waals surface area contributed by atoms with Crippen LogP contribution in [0.3, 0.4) is 0 Å². The van der Waals surface area contributed by atoms with Gasteiger partial charge in [0.15, 0.2) is 18.0 Å². The lowest BCUT2D eigenvalue weighted by atomic mass is 9.96. The van der Waals surface area contributed by atoms with E-state index in [1.807, 2.05) is 50.4 Å². The largest absolute Gasteiger partial charge is 0.493 e. The molecule has 1 heterocycles. The number of carbonyl (C=O) groups excluding carboxylic acids is 2. The zero-order chi connectivity index (χ0) is 22.1. The Kier molecular flexibility index (Phi) is 6.03. The normalized spacial score (nSPS) is 15.8. The first kappa shape index (κ1) is 21.6. The fourth-order valence-electron chi connectivity index (χ4n) is 3.84. The monoisotopic (exact) mass is 412 g/mol. The van der Waals surface area contributed by atoms with Gasteiger partial charge < -0.3 is 19.7 Å². The second kappa shape index (κ2) is 8.36. The van der Waals surface area contributed by atoms with E-state index < -0.39 is 5.54 Å². The van der Waals surface area contributed by atoms with Crippen LogP contribution in [-0.2, 0) is 16.1 Å². The van der Waals surface area contributed by atoms with Gasteiger partial charge in [0.2, 0.25) is 5.91 Å². The minimum Gasteiger partial charge on any atom is -0.493 e. The molecule has 30 heavy (non-hydrogen) atoms. The number of amides is 2. The van der Waals surface area contributed by atoms with Crippen LogP contribution < -0.4 is 24.6 Å². The Balaban J connectivity index is 1.81. The van der Waals surface area contributed by atoms with Crippen molar-refractivity contribution in [3.8, 4) is 11.5 Å². The average molecular weight is 413 g/mol.